The van der Waals surface area contributed by atoms with Gasteiger partial charge in [0.2, 0.25) is 5.91 Å². The summed E-state index contributed by atoms with van der Waals surface area (Å²) in [6.07, 6.45) is 8.16. The molecular formula is C28H25FN4O2. The highest BCUT2D eigenvalue weighted by atomic mass is 19.1. The van der Waals surface area contributed by atoms with Gasteiger partial charge in [0.15, 0.2) is 0 Å². The van der Waals surface area contributed by atoms with Gasteiger partial charge in [0.1, 0.15) is 5.82 Å². The standard InChI is InChI=1S/C28H25FN4O2/c29-23-13-12-20(15-26(23)33-27(34)18-7-2-1-3-8-18)31-28(35)22-16-25(19-9-6-14-30-17-19)32-24-11-5-4-10-21(22)24/h4-6,9-18H,1-3,7-8H2,(H,31,35)(H,33,34). The topological polar surface area (TPSA) is 84.0 Å². The fourth-order valence-electron chi connectivity index (χ4n) is 4.52. The summed E-state index contributed by atoms with van der Waals surface area (Å²) in [5.74, 6) is -1.17. The fraction of sp³-hybridized carbons (Fsp3) is 0.214. The zero-order valence-electron chi connectivity index (χ0n) is 19.1. The first-order valence-electron chi connectivity index (χ1n) is 11.8. The van der Waals surface area contributed by atoms with Crippen molar-refractivity contribution in [1.82, 2.24) is 9.97 Å². The number of rotatable bonds is 5. The second-order valence-electron chi connectivity index (χ2n) is 8.79. The van der Waals surface area contributed by atoms with Crippen LogP contribution in [0.1, 0.15) is 42.5 Å². The molecule has 2 aromatic carbocycles. The molecule has 2 aromatic heterocycles. The Morgan fingerprint density at radius 1 is 0.914 bits per heavy atom. The number of nitrogens with one attached hydrogen (secondary N) is 2. The summed E-state index contributed by atoms with van der Waals surface area (Å²) in [7, 11) is 0. The fourth-order valence-corrected chi connectivity index (χ4v) is 4.52. The van der Waals surface area contributed by atoms with E-state index in [4.69, 9.17) is 0 Å². The first-order valence-corrected chi connectivity index (χ1v) is 11.8. The third kappa shape index (κ3) is 5.04. The summed E-state index contributed by atoms with van der Waals surface area (Å²) in [6.45, 7) is 0. The van der Waals surface area contributed by atoms with Gasteiger partial charge in [0, 0.05) is 34.9 Å². The molecule has 0 bridgehead atoms. The van der Waals surface area contributed by atoms with Gasteiger partial charge in [-0.05, 0) is 55.3 Å². The molecule has 0 aliphatic heterocycles. The van der Waals surface area contributed by atoms with Crippen molar-refractivity contribution >= 4 is 34.1 Å². The van der Waals surface area contributed by atoms with Crippen molar-refractivity contribution in [3.8, 4) is 11.3 Å². The first-order chi connectivity index (χ1) is 17.1. The number of benzene rings is 2. The van der Waals surface area contributed by atoms with Gasteiger partial charge in [-0.3, -0.25) is 14.6 Å². The number of hydrogen-bond acceptors (Lipinski definition) is 4. The Balaban J connectivity index is 1.42. The van der Waals surface area contributed by atoms with E-state index in [2.05, 4.69) is 20.6 Å². The molecule has 6 nitrogen and oxygen atoms in total. The summed E-state index contributed by atoms with van der Waals surface area (Å²) < 4.78 is 14.5. The molecule has 5 rings (SSSR count). The van der Waals surface area contributed by atoms with Crippen LogP contribution >= 0.6 is 0 Å². The van der Waals surface area contributed by atoms with E-state index in [0.717, 1.165) is 37.7 Å². The highest BCUT2D eigenvalue weighted by molar-refractivity contribution is 6.13. The molecule has 0 saturated heterocycles. The van der Waals surface area contributed by atoms with E-state index in [1.165, 1.54) is 18.2 Å². The zero-order valence-corrected chi connectivity index (χ0v) is 19.1. The highest BCUT2D eigenvalue weighted by Gasteiger charge is 2.22. The summed E-state index contributed by atoms with van der Waals surface area (Å²) in [6, 6.07) is 17.0. The number of carbonyl (C=O) groups excluding carboxylic acids is 2. The normalized spacial score (nSPS) is 14.0. The molecule has 7 heteroatoms. The Bertz CT molecular complexity index is 1380. The Morgan fingerprint density at radius 3 is 2.54 bits per heavy atom. The molecule has 1 aliphatic rings. The Kier molecular flexibility index (Phi) is 6.48. The van der Waals surface area contributed by atoms with Crippen molar-refractivity contribution in [2.24, 2.45) is 5.92 Å². The van der Waals surface area contributed by atoms with E-state index in [1.807, 2.05) is 36.4 Å². The average molecular weight is 469 g/mol. The lowest BCUT2D eigenvalue weighted by atomic mass is 9.88. The molecule has 176 valence electrons. The Hall–Kier alpha value is -4.13. The number of para-hydroxylation sites is 1. The molecule has 1 fully saturated rings. The number of fused-ring (bicyclic) bond motifs is 1. The molecule has 1 saturated carbocycles. The number of pyridine rings is 2. The van der Waals surface area contributed by atoms with Crippen molar-refractivity contribution in [2.45, 2.75) is 32.1 Å². The van der Waals surface area contributed by atoms with Gasteiger partial charge in [0.25, 0.3) is 5.91 Å². The van der Waals surface area contributed by atoms with Crippen LogP contribution in [0.15, 0.2) is 73.1 Å². The van der Waals surface area contributed by atoms with Crippen LogP contribution in [0.3, 0.4) is 0 Å². The van der Waals surface area contributed by atoms with Crippen LogP contribution in [-0.4, -0.2) is 21.8 Å². The number of anilines is 2. The SMILES string of the molecule is O=C(Nc1ccc(F)c(NC(=O)C2CCCCC2)c1)c1cc(-c2cccnc2)nc2ccccc12. The number of aromatic nitrogens is 2. The predicted octanol–water partition coefficient (Wildman–Crippen LogP) is 6.21. The number of carbonyl (C=O) groups is 2. The largest absolute Gasteiger partial charge is 0.323 e. The third-order valence-corrected chi connectivity index (χ3v) is 6.38. The Morgan fingerprint density at radius 2 is 1.74 bits per heavy atom. The van der Waals surface area contributed by atoms with Crippen LogP contribution in [0, 0.1) is 11.7 Å². The van der Waals surface area contributed by atoms with Gasteiger partial charge in [0.05, 0.1) is 22.5 Å². The van der Waals surface area contributed by atoms with Crippen LogP contribution in [0.5, 0.6) is 0 Å². The summed E-state index contributed by atoms with van der Waals surface area (Å²) in [5, 5.41) is 6.26. The summed E-state index contributed by atoms with van der Waals surface area (Å²) in [4.78, 5) is 34.8. The second-order valence-corrected chi connectivity index (χ2v) is 8.79. The van der Waals surface area contributed by atoms with E-state index in [0.29, 0.717) is 27.8 Å². The quantitative estimate of drug-likeness (QED) is 0.365. The molecule has 0 unspecified atom stereocenters. The van der Waals surface area contributed by atoms with Crippen LogP contribution in [-0.2, 0) is 4.79 Å². The molecule has 0 spiro atoms. The van der Waals surface area contributed by atoms with Crippen LogP contribution in [0.25, 0.3) is 22.2 Å². The lowest BCUT2D eigenvalue weighted by Crippen LogP contribution is -2.25. The van der Waals surface area contributed by atoms with Gasteiger partial charge in [-0.15, -0.1) is 0 Å². The van der Waals surface area contributed by atoms with Gasteiger partial charge in [-0.2, -0.15) is 0 Å². The van der Waals surface area contributed by atoms with Gasteiger partial charge in [-0.25, -0.2) is 9.37 Å². The van der Waals surface area contributed by atoms with Crippen molar-refractivity contribution in [1.29, 1.82) is 0 Å². The van der Waals surface area contributed by atoms with Gasteiger partial charge >= 0.3 is 0 Å². The first kappa shape index (κ1) is 22.7. The second kappa shape index (κ2) is 10.0. The zero-order chi connectivity index (χ0) is 24.2. The maximum absolute atomic E-state index is 14.5. The van der Waals surface area contributed by atoms with Crippen molar-refractivity contribution in [2.75, 3.05) is 10.6 Å². The molecular weight excluding hydrogens is 443 g/mol. The molecule has 2 amide bonds. The van der Waals surface area contributed by atoms with E-state index in [9.17, 15) is 14.0 Å². The molecule has 2 N–H and O–H groups in total. The van der Waals surface area contributed by atoms with E-state index in [1.54, 1.807) is 18.5 Å². The van der Waals surface area contributed by atoms with Gasteiger partial charge < -0.3 is 10.6 Å². The molecule has 1 aliphatic carbocycles. The minimum absolute atomic E-state index is 0.0639. The molecule has 0 atom stereocenters. The van der Waals surface area contributed by atoms with Crippen molar-refractivity contribution in [3.63, 3.8) is 0 Å². The number of amides is 2. The van der Waals surface area contributed by atoms with Crippen LogP contribution in [0.4, 0.5) is 15.8 Å². The van der Waals surface area contributed by atoms with Crippen molar-refractivity contribution in [3.05, 3.63) is 84.4 Å². The minimum Gasteiger partial charge on any atom is -0.323 e. The van der Waals surface area contributed by atoms with E-state index >= 15 is 0 Å². The lowest BCUT2D eigenvalue weighted by Gasteiger charge is -2.21. The number of nitrogens with zero attached hydrogens (tertiary/aromatic N) is 2. The Labute approximate surface area is 202 Å². The maximum Gasteiger partial charge on any atom is 0.256 e. The summed E-state index contributed by atoms with van der Waals surface area (Å²) in [5.41, 5.74) is 2.99. The number of hydrogen-bond donors (Lipinski definition) is 2. The van der Waals surface area contributed by atoms with Crippen LogP contribution in [0.2, 0.25) is 0 Å². The minimum atomic E-state index is -0.541. The van der Waals surface area contributed by atoms with E-state index < -0.39 is 5.82 Å². The summed E-state index contributed by atoms with van der Waals surface area (Å²) >= 11 is 0. The monoisotopic (exact) mass is 468 g/mol. The highest BCUT2D eigenvalue weighted by Crippen LogP contribution is 2.28. The lowest BCUT2D eigenvalue weighted by molar-refractivity contribution is -0.120. The van der Waals surface area contributed by atoms with Crippen molar-refractivity contribution < 1.29 is 14.0 Å². The number of halogens is 1. The molecule has 4 aromatic rings. The molecule has 35 heavy (non-hydrogen) atoms. The molecule has 2 heterocycles. The smallest absolute Gasteiger partial charge is 0.256 e. The molecule has 0 radical (unpaired) electrons. The van der Waals surface area contributed by atoms with E-state index in [-0.39, 0.29) is 23.4 Å². The van der Waals surface area contributed by atoms with Gasteiger partial charge in [-0.1, -0.05) is 37.5 Å². The average Bonchev–Trinajstić information content (AvgIpc) is 2.91. The third-order valence-electron chi connectivity index (χ3n) is 6.38. The van der Waals surface area contributed by atoms with Crippen LogP contribution < -0.4 is 10.6 Å². The maximum atomic E-state index is 14.5. The predicted molar refractivity (Wildman–Crippen MR) is 135 cm³/mol.